The monoisotopic (exact) mass is 881 g/mol. The van der Waals surface area contributed by atoms with Gasteiger partial charge in [0.2, 0.25) is 0 Å². The first-order chi connectivity index (χ1) is 24.6. The van der Waals surface area contributed by atoms with Crippen LogP contribution in [0.3, 0.4) is 0 Å². The second-order valence-corrected chi connectivity index (χ2v) is 17.6. The SMILES string of the molecule is CC(C)(C)c1ccc(-n2c(-c3cc(C(C)(C)C)cc(C(C)(C)C)c3O)nc3c(-c4[c-]c(C5=N[C@@H]6c7ccccc7C[C@@H]6O5)ccc4)cccc32)cc1.[Pt]. The van der Waals surface area contributed by atoms with Crippen LogP contribution in [-0.4, -0.2) is 26.7 Å². The number of aromatic nitrogens is 2. The Balaban J connectivity index is 0.00000435. The van der Waals surface area contributed by atoms with E-state index >= 15 is 0 Å². The van der Waals surface area contributed by atoms with Crippen molar-refractivity contribution < 1.29 is 30.9 Å². The van der Waals surface area contributed by atoms with Gasteiger partial charge in [-0.15, -0.1) is 29.8 Å². The average Bonchev–Trinajstić information content (AvgIpc) is 3.78. The molecule has 2 heterocycles. The zero-order chi connectivity index (χ0) is 36.7. The molecule has 6 aromatic rings. The van der Waals surface area contributed by atoms with E-state index in [4.69, 9.17) is 14.7 Å². The molecule has 1 aliphatic heterocycles. The molecule has 0 unspecified atom stereocenters. The van der Waals surface area contributed by atoms with Gasteiger partial charge in [-0.3, -0.25) is 9.56 Å². The number of para-hydroxylation sites is 1. The van der Waals surface area contributed by atoms with Crippen LogP contribution in [0.5, 0.6) is 5.75 Å². The Kier molecular flexibility index (Phi) is 9.13. The van der Waals surface area contributed by atoms with Crippen LogP contribution in [0.1, 0.15) is 102 Å². The van der Waals surface area contributed by atoms with E-state index in [0.29, 0.717) is 11.7 Å². The minimum atomic E-state index is -0.280. The predicted octanol–water partition coefficient (Wildman–Crippen LogP) is 11.2. The number of phenolic OH excluding ortho intramolecular Hbond substituents is 1. The summed E-state index contributed by atoms with van der Waals surface area (Å²) >= 11 is 0. The number of phenols is 1. The van der Waals surface area contributed by atoms with Gasteiger partial charge in [0.15, 0.2) is 0 Å². The Morgan fingerprint density at radius 1 is 0.717 bits per heavy atom. The summed E-state index contributed by atoms with van der Waals surface area (Å²) in [4.78, 5) is 10.5. The zero-order valence-electron chi connectivity index (χ0n) is 32.1. The number of imidazole rings is 1. The zero-order valence-corrected chi connectivity index (χ0v) is 34.4. The fraction of sp³-hybridized carbons (Fsp3) is 0.319. The van der Waals surface area contributed by atoms with Crippen LogP contribution in [0.25, 0.3) is 39.2 Å². The maximum absolute atomic E-state index is 12.1. The summed E-state index contributed by atoms with van der Waals surface area (Å²) in [6.07, 6.45) is 0.884. The van der Waals surface area contributed by atoms with Gasteiger partial charge in [-0.25, -0.2) is 4.98 Å². The van der Waals surface area contributed by atoms with Crippen molar-refractivity contribution in [3.05, 3.63) is 137 Å². The molecular formula is C47H48N3O2Pt-. The number of fused-ring (bicyclic) bond motifs is 4. The minimum Gasteiger partial charge on any atom is -0.507 e. The van der Waals surface area contributed by atoms with Crippen molar-refractivity contribution in [1.82, 2.24) is 9.55 Å². The van der Waals surface area contributed by atoms with Gasteiger partial charge < -0.3 is 9.84 Å². The summed E-state index contributed by atoms with van der Waals surface area (Å²) in [7, 11) is 0. The first-order valence-corrected chi connectivity index (χ1v) is 18.4. The van der Waals surface area contributed by atoms with Gasteiger partial charge >= 0.3 is 0 Å². The molecule has 1 N–H and O–H groups in total. The van der Waals surface area contributed by atoms with Crippen LogP contribution in [0.2, 0.25) is 0 Å². The number of nitrogens with zero attached hydrogens (tertiary/aromatic N) is 3. The van der Waals surface area contributed by atoms with Crippen molar-refractivity contribution in [2.75, 3.05) is 0 Å². The standard InChI is InChI=1S/C47H48N3O2.Pt/c1-45(2,3)31-20-22-33(23-21-31)50-38-19-13-18-34(40(38)48-43(50)36-26-32(46(4,5)6)27-37(42(36)51)47(7,8)9)28-15-12-16-30(24-28)44-49-41-35-17-11-10-14-29(35)25-39(41)52-44;/h10-23,26-27,39,41,51H,25H2,1-9H3;/q-1;/t39-,41+;/m0./s1. The Labute approximate surface area is 328 Å². The van der Waals surface area contributed by atoms with Crippen molar-refractivity contribution in [3.8, 4) is 34.0 Å². The van der Waals surface area contributed by atoms with Gasteiger partial charge in [-0.05, 0) is 62.8 Å². The van der Waals surface area contributed by atoms with Gasteiger partial charge in [0.25, 0.3) is 0 Å². The molecule has 1 aromatic heterocycles. The van der Waals surface area contributed by atoms with Crippen LogP contribution >= 0.6 is 0 Å². The van der Waals surface area contributed by atoms with Gasteiger partial charge in [0.05, 0.1) is 16.6 Å². The van der Waals surface area contributed by atoms with Gasteiger partial charge in [0, 0.05) is 38.7 Å². The molecule has 0 radical (unpaired) electrons. The van der Waals surface area contributed by atoms with Gasteiger partial charge in [0.1, 0.15) is 29.6 Å². The molecule has 0 saturated heterocycles. The molecule has 2 aliphatic rings. The summed E-state index contributed by atoms with van der Waals surface area (Å²) in [6.45, 7) is 19.8. The van der Waals surface area contributed by atoms with E-state index in [-0.39, 0.29) is 55.2 Å². The summed E-state index contributed by atoms with van der Waals surface area (Å²) in [5, 5.41) is 12.1. The average molecular weight is 882 g/mol. The van der Waals surface area contributed by atoms with Crippen LogP contribution in [0, 0.1) is 6.07 Å². The van der Waals surface area contributed by atoms with Crippen LogP contribution < -0.4 is 0 Å². The topological polar surface area (TPSA) is 59.6 Å². The van der Waals surface area contributed by atoms with E-state index in [2.05, 4.69) is 158 Å². The Morgan fingerprint density at radius 3 is 2.09 bits per heavy atom. The van der Waals surface area contributed by atoms with E-state index in [0.717, 1.165) is 56.5 Å². The van der Waals surface area contributed by atoms with Crippen molar-refractivity contribution >= 4 is 16.9 Å². The molecule has 5 aromatic carbocycles. The van der Waals surface area contributed by atoms with Crippen molar-refractivity contribution in [1.29, 1.82) is 0 Å². The fourth-order valence-corrected chi connectivity index (χ4v) is 7.66. The van der Waals surface area contributed by atoms with E-state index in [1.54, 1.807) is 0 Å². The number of aliphatic imine (C=N–C) groups is 1. The molecule has 0 saturated carbocycles. The van der Waals surface area contributed by atoms with Crippen LogP contribution in [0.4, 0.5) is 0 Å². The Hall–Kier alpha value is -4.47. The maximum Gasteiger partial charge on any atom is 0.148 e. The normalized spacial score (nSPS) is 16.9. The molecule has 1 aliphatic carbocycles. The smallest absolute Gasteiger partial charge is 0.148 e. The number of rotatable bonds is 4. The molecule has 53 heavy (non-hydrogen) atoms. The fourth-order valence-electron chi connectivity index (χ4n) is 7.66. The first kappa shape index (κ1) is 36.9. The van der Waals surface area contributed by atoms with Gasteiger partial charge in [-0.2, -0.15) is 0 Å². The first-order valence-electron chi connectivity index (χ1n) is 18.4. The second kappa shape index (κ2) is 13.1. The third-order valence-corrected chi connectivity index (χ3v) is 10.7. The number of aromatic hydroxyl groups is 1. The second-order valence-electron chi connectivity index (χ2n) is 17.6. The third kappa shape index (κ3) is 6.56. The summed E-state index contributed by atoms with van der Waals surface area (Å²) in [5.74, 6) is 1.61. The molecule has 0 amide bonds. The predicted molar refractivity (Wildman–Crippen MR) is 213 cm³/mol. The molecule has 0 fully saturated rings. The molecule has 5 nitrogen and oxygen atoms in total. The third-order valence-electron chi connectivity index (χ3n) is 10.7. The molecular weight excluding hydrogens is 834 g/mol. The van der Waals surface area contributed by atoms with Crippen molar-refractivity contribution in [2.45, 2.75) is 97.1 Å². The van der Waals surface area contributed by atoms with Gasteiger partial charge in [-0.1, -0.05) is 128 Å². The number of ether oxygens (including phenoxy) is 1. The Bertz CT molecular complexity index is 2380. The molecule has 0 bridgehead atoms. The molecule has 8 rings (SSSR count). The molecule has 274 valence electrons. The molecule has 6 heteroatoms. The van der Waals surface area contributed by atoms with E-state index in [1.165, 1.54) is 16.7 Å². The van der Waals surface area contributed by atoms with E-state index < -0.39 is 0 Å². The number of benzene rings is 5. The molecule has 2 atom stereocenters. The van der Waals surface area contributed by atoms with Crippen molar-refractivity contribution in [2.24, 2.45) is 4.99 Å². The quantitative estimate of drug-likeness (QED) is 0.180. The molecule has 0 spiro atoms. The number of hydrogen-bond acceptors (Lipinski definition) is 4. The maximum atomic E-state index is 12.1. The van der Waals surface area contributed by atoms with Crippen LogP contribution in [0.15, 0.2) is 102 Å². The minimum absolute atomic E-state index is 0. The Morgan fingerprint density at radius 2 is 1.40 bits per heavy atom. The largest absolute Gasteiger partial charge is 0.507 e. The summed E-state index contributed by atoms with van der Waals surface area (Å²) < 4.78 is 8.67. The van der Waals surface area contributed by atoms with Crippen molar-refractivity contribution in [3.63, 3.8) is 0 Å². The van der Waals surface area contributed by atoms with E-state index in [9.17, 15) is 5.11 Å². The van der Waals surface area contributed by atoms with E-state index in [1.807, 2.05) is 12.1 Å². The number of hydrogen-bond donors (Lipinski definition) is 1. The van der Waals surface area contributed by atoms with Crippen LogP contribution in [-0.2, 0) is 48.5 Å². The summed E-state index contributed by atoms with van der Waals surface area (Å²) in [6, 6.07) is 37.7. The summed E-state index contributed by atoms with van der Waals surface area (Å²) in [5.41, 5.74) is 11.7.